The van der Waals surface area contributed by atoms with Gasteiger partial charge in [-0.2, -0.15) is 0 Å². The molecule has 0 radical (unpaired) electrons. The minimum atomic E-state index is -0.542. The van der Waals surface area contributed by atoms with Crippen molar-refractivity contribution in [2.24, 2.45) is 0 Å². The summed E-state index contributed by atoms with van der Waals surface area (Å²) in [7, 11) is 0. The van der Waals surface area contributed by atoms with E-state index < -0.39 is 11.6 Å². The summed E-state index contributed by atoms with van der Waals surface area (Å²) in [5.41, 5.74) is 1.73. The maximum Gasteiger partial charge on any atom is 0.163 e. The van der Waals surface area contributed by atoms with Gasteiger partial charge in [0.15, 0.2) is 5.78 Å². The molecule has 3 rings (SSSR count). The molecule has 2 aromatic rings. The summed E-state index contributed by atoms with van der Waals surface area (Å²) in [5.74, 6) is -1.03. The lowest BCUT2D eigenvalue weighted by Gasteiger charge is -2.16. The van der Waals surface area contributed by atoms with Crippen LogP contribution in [0, 0.1) is 11.6 Å². The predicted molar refractivity (Wildman–Crippen MR) is 69.1 cm³/mol. The second-order valence-corrected chi connectivity index (χ2v) is 4.75. The van der Waals surface area contributed by atoms with E-state index in [4.69, 9.17) is 0 Å². The van der Waals surface area contributed by atoms with Gasteiger partial charge in [0.2, 0.25) is 0 Å². The summed E-state index contributed by atoms with van der Waals surface area (Å²) < 4.78 is 27.8. The zero-order chi connectivity index (χ0) is 13.4. The highest BCUT2D eigenvalue weighted by Crippen LogP contribution is 2.31. The molecule has 0 amide bonds. The van der Waals surface area contributed by atoms with Crippen molar-refractivity contribution in [3.05, 3.63) is 59.2 Å². The monoisotopic (exact) mass is 258 g/mol. The fraction of sp³-hybridized carbons (Fsp3) is 0.188. The molecule has 0 aliphatic heterocycles. The number of benzene rings is 2. The Hall–Kier alpha value is -2.03. The van der Waals surface area contributed by atoms with Gasteiger partial charge < -0.3 is 0 Å². The van der Waals surface area contributed by atoms with Crippen molar-refractivity contribution in [2.75, 3.05) is 0 Å². The third-order valence-corrected chi connectivity index (χ3v) is 3.51. The molecule has 3 heteroatoms. The number of fused-ring (bicyclic) bond motifs is 1. The third-order valence-electron chi connectivity index (χ3n) is 3.51. The van der Waals surface area contributed by atoms with Crippen molar-refractivity contribution in [3.63, 3.8) is 0 Å². The highest BCUT2D eigenvalue weighted by Gasteiger charge is 2.21. The minimum Gasteiger partial charge on any atom is -0.294 e. The Morgan fingerprint density at radius 1 is 0.842 bits per heavy atom. The van der Waals surface area contributed by atoms with Crippen molar-refractivity contribution in [1.29, 1.82) is 0 Å². The lowest BCUT2D eigenvalue weighted by molar-refractivity contribution is 0.0972. The second kappa shape index (κ2) is 4.57. The van der Waals surface area contributed by atoms with Crippen LogP contribution in [-0.2, 0) is 6.42 Å². The lowest BCUT2D eigenvalue weighted by Crippen LogP contribution is -2.11. The van der Waals surface area contributed by atoms with E-state index in [0.717, 1.165) is 18.4 Å². The van der Waals surface area contributed by atoms with Gasteiger partial charge in [0.25, 0.3) is 0 Å². The molecular weight excluding hydrogens is 246 g/mol. The van der Waals surface area contributed by atoms with Crippen LogP contribution in [0.2, 0.25) is 0 Å². The molecule has 1 aliphatic carbocycles. The number of hydrogen-bond donors (Lipinski definition) is 0. The number of halogens is 2. The van der Waals surface area contributed by atoms with E-state index in [1.54, 1.807) is 24.3 Å². The van der Waals surface area contributed by atoms with Crippen LogP contribution < -0.4 is 0 Å². The molecule has 0 fully saturated rings. The average molecular weight is 258 g/mol. The summed E-state index contributed by atoms with van der Waals surface area (Å²) in [5, 5.41) is 0. The van der Waals surface area contributed by atoms with Gasteiger partial charge in [-0.3, -0.25) is 4.79 Å². The first kappa shape index (κ1) is 12.0. The minimum absolute atomic E-state index is 0.0276. The first-order valence-corrected chi connectivity index (χ1v) is 6.27. The van der Waals surface area contributed by atoms with E-state index >= 15 is 0 Å². The van der Waals surface area contributed by atoms with Crippen LogP contribution in [0.15, 0.2) is 36.4 Å². The van der Waals surface area contributed by atoms with Crippen LogP contribution in [0.3, 0.4) is 0 Å². The van der Waals surface area contributed by atoms with Gasteiger partial charge in [0.05, 0.1) is 0 Å². The summed E-state index contributed by atoms with van der Waals surface area (Å²) in [6, 6.07) is 8.95. The van der Waals surface area contributed by atoms with Gasteiger partial charge in [0.1, 0.15) is 11.6 Å². The molecule has 0 unspecified atom stereocenters. The van der Waals surface area contributed by atoms with Gasteiger partial charge in [0, 0.05) is 23.1 Å². The van der Waals surface area contributed by atoms with E-state index in [1.165, 1.54) is 12.1 Å². The molecule has 1 aliphatic rings. The molecular formula is C16H12F2O. The molecule has 1 nitrogen and oxygen atoms in total. The zero-order valence-electron chi connectivity index (χ0n) is 10.2. The number of carbonyl (C=O) groups excluding carboxylic acids is 1. The number of carbonyl (C=O) groups is 1. The van der Waals surface area contributed by atoms with Crippen molar-refractivity contribution in [2.45, 2.75) is 19.3 Å². The maximum atomic E-state index is 14.1. The van der Waals surface area contributed by atoms with Crippen molar-refractivity contribution in [1.82, 2.24) is 0 Å². The van der Waals surface area contributed by atoms with Crippen LogP contribution in [0.1, 0.15) is 28.8 Å². The zero-order valence-corrected chi connectivity index (χ0v) is 10.2. The summed E-state index contributed by atoms with van der Waals surface area (Å²) in [4.78, 5) is 11.7. The Labute approximate surface area is 109 Å². The molecule has 0 N–H and O–H groups in total. The molecule has 0 atom stereocenters. The van der Waals surface area contributed by atoms with Crippen molar-refractivity contribution in [3.8, 4) is 11.1 Å². The smallest absolute Gasteiger partial charge is 0.163 e. The van der Waals surface area contributed by atoms with E-state index in [9.17, 15) is 13.6 Å². The molecule has 0 saturated carbocycles. The van der Waals surface area contributed by atoms with Crippen LogP contribution in [0.5, 0.6) is 0 Å². The van der Waals surface area contributed by atoms with E-state index in [2.05, 4.69) is 0 Å². The number of Topliss-reactive ketones (excluding diaryl/α,β-unsaturated/α-hetero) is 1. The molecule has 0 heterocycles. The maximum absolute atomic E-state index is 14.1. The third kappa shape index (κ3) is 2.05. The first-order valence-electron chi connectivity index (χ1n) is 6.27. The number of hydrogen-bond acceptors (Lipinski definition) is 1. The summed E-state index contributed by atoms with van der Waals surface area (Å²) >= 11 is 0. The average Bonchev–Trinajstić information content (AvgIpc) is 2.40. The summed E-state index contributed by atoms with van der Waals surface area (Å²) in [6.45, 7) is 0. The Morgan fingerprint density at radius 2 is 1.63 bits per heavy atom. The molecule has 0 saturated heterocycles. The quantitative estimate of drug-likeness (QED) is 0.751. The summed E-state index contributed by atoms with van der Waals surface area (Å²) in [6.07, 6.45) is 1.97. The number of ketones is 1. The Morgan fingerprint density at radius 3 is 2.42 bits per heavy atom. The van der Waals surface area contributed by atoms with Gasteiger partial charge in [-0.1, -0.05) is 18.2 Å². The SMILES string of the molecule is O=C1CCCc2cc(-c3ccccc3F)c(F)cc21. The number of aryl methyl sites for hydroxylation is 1. The molecule has 0 aromatic heterocycles. The molecule has 0 spiro atoms. The largest absolute Gasteiger partial charge is 0.294 e. The Kier molecular flexibility index (Phi) is 2.90. The van der Waals surface area contributed by atoms with Crippen LogP contribution >= 0.6 is 0 Å². The Bertz CT molecular complexity index is 662. The predicted octanol–water partition coefficient (Wildman–Crippen LogP) is 4.15. The molecule has 0 bridgehead atoms. The van der Waals surface area contributed by atoms with Gasteiger partial charge in [-0.25, -0.2) is 8.78 Å². The van der Waals surface area contributed by atoms with E-state index in [-0.39, 0.29) is 16.9 Å². The first-order chi connectivity index (χ1) is 9.16. The molecule has 96 valence electrons. The lowest BCUT2D eigenvalue weighted by atomic mass is 9.88. The highest BCUT2D eigenvalue weighted by molar-refractivity contribution is 5.99. The van der Waals surface area contributed by atoms with Crippen LogP contribution in [-0.4, -0.2) is 5.78 Å². The fourth-order valence-corrected chi connectivity index (χ4v) is 2.54. The molecule has 19 heavy (non-hydrogen) atoms. The fourth-order valence-electron chi connectivity index (χ4n) is 2.54. The van der Waals surface area contributed by atoms with Crippen LogP contribution in [0.4, 0.5) is 8.78 Å². The topological polar surface area (TPSA) is 17.1 Å². The second-order valence-electron chi connectivity index (χ2n) is 4.75. The van der Waals surface area contributed by atoms with Gasteiger partial charge >= 0.3 is 0 Å². The molecule has 2 aromatic carbocycles. The van der Waals surface area contributed by atoms with Crippen LogP contribution in [0.25, 0.3) is 11.1 Å². The Balaban J connectivity index is 2.19. The number of rotatable bonds is 1. The standard InChI is InChI=1S/C16H12F2O/c17-14-6-2-1-5-11(14)13-8-10-4-3-7-16(19)12(10)9-15(13)18/h1-2,5-6,8-9H,3-4,7H2. The van der Waals surface area contributed by atoms with Gasteiger partial charge in [-0.05, 0) is 36.6 Å². The van der Waals surface area contributed by atoms with E-state index in [1.807, 2.05) is 0 Å². The van der Waals surface area contributed by atoms with Crippen molar-refractivity contribution >= 4 is 5.78 Å². The van der Waals surface area contributed by atoms with Crippen molar-refractivity contribution < 1.29 is 13.6 Å². The van der Waals surface area contributed by atoms with E-state index in [0.29, 0.717) is 12.0 Å². The highest BCUT2D eigenvalue weighted by atomic mass is 19.1. The van der Waals surface area contributed by atoms with Gasteiger partial charge in [-0.15, -0.1) is 0 Å². The normalized spacial score (nSPS) is 14.3.